The lowest BCUT2D eigenvalue weighted by Crippen LogP contribution is -2.19. The number of hydrogen-bond donors (Lipinski definition) is 2. The molecule has 112 valence electrons. The van der Waals surface area contributed by atoms with Crippen LogP contribution in [0.3, 0.4) is 0 Å². The Bertz CT molecular complexity index is 656. The highest BCUT2D eigenvalue weighted by molar-refractivity contribution is 7.80. The van der Waals surface area contributed by atoms with Gasteiger partial charge in [0.15, 0.2) is 5.11 Å². The van der Waals surface area contributed by atoms with E-state index < -0.39 is 0 Å². The van der Waals surface area contributed by atoms with Gasteiger partial charge in [0.1, 0.15) is 5.75 Å². The summed E-state index contributed by atoms with van der Waals surface area (Å²) in [5, 5.41) is 11.6. The van der Waals surface area contributed by atoms with E-state index in [0.29, 0.717) is 21.6 Å². The van der Waals surface area contributed by atoms with Gasteiger partial charge in [0.2, 0.25) is 0 Å². The third-order valence-electron chi connectivity index (χ3n) is 2.93. The third-order valence-corrected chi connectivity index (χ3v) is 3.37. The van der Waals surface area contributed by atoms with Crippen molar-refractivity contribution in [2.75, 3.05) is 17.7 Å². The minimum Gasteiger partial charge on any atom is -0.495 e. The van der Waals surface area contributed by atoms with E-state index in [4.69, 9.17) is 28.6 Å². The van der Waals surface area contributed by atoms with Crippen LogP contribution in [0.1, 0.15) is 12.6 Å². The zero-order valence-electron chi connectivity index (χ0n) is 12.1. The van der Waals surface area contributed by atoms with E-state index in [0.717, 1.165) is 17.9 Å². The average Bonchev–Trinajstić information content (AvgIpc) is 2.79. The number of rotatable bonds is 4. The van der Waals surface area contributed by atoms with Gasteiger partial charge in [0.25, 0.3) is 0 Å². The predicted molar refractivity (Wildman–Crippen MR) is 90.5 cm³/mol. The van der Waals surface area contributed by atoms with Gasteiger partial charge >= 0.3 is 0 Å². The van der Waals surface area contributed by atoms with Gasteiger partial charge in [-0.05, 0) is 44.3 Å². The fourth-order valence-corrected chi connectivity index (χ4v) is 2.25. The van der Waals surface area contributed by atoms with E-state index in [-0.39, 0.29) is 0 Å². The van der Waals surface area contributed by atoms with Crippen molar-refractivity contribution < 1.29 is 4.74 Å². The number of aryl methyl sites for hydroxylation is 2. The molecule has 0 fully saturated rings. The molecule has 7 heteroatoms. The summed E-state index contributed by atoms with van der Waals surface area (Å²) in [5.41, 5.74) is 2.47. The smallest absolute Gasteiger partial charge is 0.175 e. The molecule has 1 aromatic carbocycles. The quantitative estimate of drug-likeness (QED) is 0.840. The van der Waals surface area contributed by atoms with Gasteiger partial charge in [0.05, 0.1) is 24.2 Å². The topological polar surface area (TPSA) is 51.1 Å². The van der Waals surface area contributed by atoms with Crippen molar-refractivity contribution >= 4 is 40.3 Å². The van der Waals surface area contributed by atoms with E-state index in [1.54, 1.807) is 25.3 Å². The Kier molecular flexibility index (Phi) is 5.03. The second-order valence-corrected chi connectivity index (χ2v) is 5.25. The minimum atomic E-state index is 0.453. The first-order valence-corrected chi connectivity index (χ1v) is 7.27. The number of nitrogens with one attached hydrogen (secondary N) is 2. The summed E-state index contributed by atoms with van der Waals surface area (Å²) >= 11 is 11.3. The van der Waals surface area contributed by atoms with Crippen molar-refractivity contribution in [2.45, 2.75) is 20.4 Å². The Morgan fingerprint density at radius 3 is 2.71 bits per heavy atom. The molecule has 0 amide bonds. The normalized spacial score (nSPS) is 10.3. The highest BCUT2D eigenvalue weighted by Crippen LogP contribution is 2.27. The number of ether oxygens (including phenoxy) is 1. The van der Waals surface area contributed by atoms with Crippen LogP contribution in [-0.2, 0) is 6.54 Å². The molecule has 0 spiro atoms. The van der Waals surface area contributed by atoms with Crippen LogP contribution in [0.15, 0.2) is 24.4 Å². The first kappa shape index (κ1) is 15.6. The van der Waals surface area contributed by atoms with Crippen molar-refractivity contribution in [3.63, 3.8) is 0 Å². The maximum Gasteiger partial charge on any atom is 0.175 e. The van der Waals surface area contributed by atoms with Crippen LogP contribution in [0.2, 0.25) is 5.02 Å². The fourth-order valence-electron chi connectivity index (χ4n) is 1.86. The van der Waals surface area contributed by atoms with Crippen molar-refractivity contribution in [3.8, 4) is 5.75 Å². The zero-order valence-corrected chi connectivity index (χ0v) is 13.7. The molecule has 0 bridgehead atoms. The minimum absolute atomic E-state index is 0.453. The molecular weight excluding hydrogens is 308 g/mol. The number of halogens is 1. The Labute approximate surface area is 134 Å². The SMILES string of the molecule is CCn1cc(NC(=S)Nc2cc(Cl)ccc2OC)c(C)n1. The first-order chi connectivity index (χ1) is 10.0. The molecule has 5 nitrogen and oxygen atoms in total. The van der Waals surface area contributed by atoms with Gasteiger partial charge in [-0.15, -0.1) is 0 Å². The maximum atomic E-state index is 5.99. The number of nitrogens with zero attached hydrogens (tertiary/aromatic N) is 2. The Hall–Kier alpha value is -1.79. The summed E-state index contributed by atoms with van der Waals surface area (Å²) in [6.07, 6.45) is 1.92. The van der Waals surface area contributed by atoms with E-state index in [2.05, 4.69) is 15.7 Å². The van der Waals surface area contributed by atoms with Crippen LogP contribution < -0.4 is 15.4 Å². The van der Waals surface area contributed by atoms with E-state index in [9.17, 15) is 0 Å². The van der Waals surface area contributed by atoms with Gasteiger partial charge in [-0.1, -0.05) is 11.6 Å². The third kappa shape index (κ3) is 3.86. The molecule has 0 aliphatic heterocycles. The number of anilines is 2. The van der Waals surface area contributed by atoms with Gasteiger partial charge in [-0.25, -0.2) is 0 Å². The lowest BCUT2D eigenvalue weighted by Gasteiger charge is -2.13. The molecule has 0 saturated carbocycles. The molecule has 0 atom stereocenters. The molecule has 0 aliphatic rings. The maximum absolute atomic E-state index is 5.99. The highest BCUT2D eigenvalue weighted by atomic mass is 35.5. The molecule has 1 aromatic heterocycles. The van der Waals surface area contributed by atoms with Crippen LogP contribution in [0.5, 0.6) is 5.75 Å². The molecule has 2 rings (SSSR count). The van der Waals surface area contributed by atoms with Crippen molar-refractivity contribution in [2.24, 2.45) is 0 Å². The van der Waals surface area contributed by atoms with E-state index >= 15 is 0 Å². The molecule has 2 aromatic rings. The van der Waals surface area contributed by atoms with Crippen molar-refractivity contribution in [1.29, 1.82) is 0 Å². The van der Waals surface area contributed by atoms with Crippen LogP contribution in [0.4, 0.5) is 11.4 Å². The van der Waals surface area contributed by atoms with Crippen LogP contribution >= 0.6 is 23.8 Å². The van der Waals surface area contributed by atoms with Gasteiger partial charge in [0, 0.05) is 17.8 Å². The average molecular weight is 325 g/mol. The lowest BCUT2D eigenvalue weighted by atomic mass is 10.3. The molecule has 2 N–H and O–H groups in total. The second-order valence-electron chi connectivity index (χ2n) is 4.41. The lowest BCUT2D eigenvalue weighted by molar-refractivity contribution is 0.417. The fraction of sp³-hybridized carbons (Fsp3) is 0.286. The van der Waals surface area contributed by atoms with Crippen LogP contribution in [0, 0.1) is 6.92 Å². The standard InChI is InChI=1S/C14H17ClN4OS/c1-4-19-8-12(9(2)18-19)17-14(21)16-11-7-10(15)5-6-13(11)20-3/h5-8H,4H2,1-3H3,(H2,16,17,21). The van der Waals surface area contributed by atoms with Crippen molar-refractivity contribution in [3.05, 3.63) is 35.1 Å². The Balaban J connectivity index is 2.11. The Morgan fingerprint density at radius 1 is 1.38 bits per heavy atom. The van der Waals surface area contributed by atoms with Gasteiger partial charge in [-0.2, -0.15) is 5.10 Å². The van der Waals surface area contributed by atoms with Gasteiger partial charge < -0.3 is 15.4 Å². The predicted octanol–water partition coefficient (Wildman–Crippen LogP) is 3.68. The van der Waals surface area contributed by atoms with E-state index in [1.165, 1.54) is 0 Å². The molecule has 0 radical (unpaired) electrons. The van der Waals surface area contributed by atoms with Crippen molar-refractivity contribution in [1.82, 2.24) is 9.78 Å². The van der Waals surface area contributed by atoms with E-state index in [1.807, 2.05) is 24.7 Å². The first-order valence-electron chi connectivity index (χ1n) is 6.49. The summed E-state index contributed by atoms with van der Waals surface area (Å²) in [4.78, 5) is 0. The Morgan fingerprint density at radius 2 is 2.10 bits per heavy atom. The summed E-state index contributed by atoms with van der Waals surface area (Å²) < 4.78 is 7.12. The highest BCUT2D eigenvalue weighted by Gasteiger charge is 2.09. The molecule has 21 heavy (non-hydrogen) atoms. The number of hydrogen-bond acceptors (Lipinski definition) is 3. The summed E-state index contributed by atoms with van der Waals surface area (Å²) in [6.45, 7) is 4.77. The molecule has 1 heterocycles. The van der Waals surface area contributed by atoms with Gasteiger partial charge in [-0.3, -0.25) is 4.68 Å². The van der Waals surface area contributed by atoms with Crippen LogP contribution in [-0.4, -0.2) is 22.0 Å². The van der Waals surface area contributed by atoms with Crippen LogP contribution in [0.25, 0.3) is 0 Å². The molecule has 0 aliphatic carbocycles. The number of thiocarbonyl (C=S) groups is 1. The summed E-state index contributed by atoms with van der Waals surface area (Å²) in [7, 11) is 1.60. The number of methoxy groups -OCH3 is 1. The second kappa shape index (κ2) is 6.78. The number of benzene rings is 1. The monoisotopic (exact) mass is 324 g/mol. The zero-order chi connectivity index (χ0) is 15.4. The molecular formula is C14H17ClN4OS. The summed E-state index contributed by atoms with van der Waals surface area (Å²) in [5.74, 6) is 0.671. The summed E-state index contributed by atoms with van der Waals surface area (Å²) in [6, 6.07) is 5.31. The number of aromatic nitrogens is 2. The molecule has 0 saturated heterocycles. The molecule has 0 unspecified atom stereocenters. The largest absolute Gasteiger partial charge is 0.495 e.